The fourth-order valence-corrected chi connectivity index (χ4v) is 2.41. The van der Waals surface area contributed by atoms with Crippen molar-refractivity contribution in [2.75, 3.05) is 6.54 Å². The standard InChI is InChI=1S/C16H18N4/c1-12(13-5-7-17-8-6-13)9-18-10-14-3-2-4-15-11-19-20-16(14)15/h2-8,11-12,18H,9-10H2,1H3,(H,19,20)/t12-/m1/s1. The molecule has 1 aromatic carbocycles. The van der Waals surface area contributed by atoms with Gasteiger partial charge in [0.1, 0.15) is 0 Å². The first-order valence-corrected chi connectivity index (χ1v) is 6.86. The second kappa shape index (κ2) is 5.84. The SMILES string of the molecule is C[C@H](CNCc1cccc2cn[nH]c12)c1ccncc1. The highest BCUT2D eigenvalue weighted by molar-refractivity contribution is 5.81. The Morgan fingerprint density at radius 1 is 1.20 bits per heavy atom. The molecule has 0 bridgehead atoms. The number of fused-ring (bicyclic) bond motifs is 1. The summed E-state index contributed by atoms with van der Waals surface area (Å²) in [6.07, 6.45) is 5.55. The molecule has 0 aliphatic rings. The highest BCUT2D eigenvalue weighted by atomic mass is 15.1. The molecule has 102 valence electrons. The molecule has 2 aromatic heterocycles. The molecule has 4 heteroatoms. The second-order valence-corrected chi connectivity index (χ2v) is 5.06. The van der Waals surface area contributed by atoms with E-state index in [0.29, 0.717) is 5.92 Å². The van der Waals surface area contributed by atoms with E-state index in [2.05, 4.69) is 57.8 Å². The van der Waals surface area contributed by atoms with Gasteiger partial charge < -0.3 is 5.32 Å². The Bertz CT molecular complexity index is 675. The number of aromatic nitrogens is 3. The number of H-pyrrole nitrogens is 1. The Labute approximate surface area is 118 Å². The van der Waals surface area contributed by atoms with Gasteiger partial charge in [0, 0.05) is 30.9 Å². The Balaban J connectivity index is 1.61. The summed E-state index contributed by atoms with van der Waals surface area (Å²) in [5.74, 6) is 0.471. The van der Waals surface area contributed by atoms with Gasteiger partial charge in [0.05, 0.1) is 11.7 Å². The van der Waals surface area contributed by atoms with Crippen molar-refractivity contribution >= 4 is 10.9 Å². The minimum Gasteiger partial charge on any atom is -0.312 e. The van der Waals surface area contributed by atoms with Crippen molar-refractivity contribution in [3.8, 4) is 0 Å². The third kappa shape index (κ3) is 2.70. The van der Waals surface area contributed by atoms with Gasteiger partial charge in [-0.1, -0.05) is 25.1 Å². The molecule has 4 nitrogen and oxygen atoms in total. The molecule has 0 aliphatic heterocycles. The monoisotopic (exact) mass is 266 g/mol. The third-order valence-electron chi connectivity index (χ3n) is 3.60. The lowest BCUT2D eigenvalue weighted by Crippen LogP contribution is -2.19. The Kier molecular flexibility index (Phi) is 3.74. The minimum atomic E-state index is 0.471. The van der Waals surface area contributed by atoms with Gasteiger partial charge in [-0.05, 0) is 29.2 Å². The lowest BCUT2D eigenvalue weighted by molar-refractivity contribution is 0.616. The van der Waals surface area contributed by atoms with Crippen LogP contribution in [0.2, 0.25) is 0 Å². The maximum absolute atomic E-state index is 4.09. The van der Waals surface area contributed by atoms with Crippen LogP contribution in [0.15, 0.2) is 48.9 Å². The molecule has 0 spiro atoms. The molecule has 0 radical (unpaired) electrons. The maximum Gasteiger partial charge on any atom is 0.0695 e. The van der Waals surface area contributed by atoms with E-state index in [-0.39, 0.29) is 0 Å². The van der Waals surface area contributed by atoms with Gasteiger partial charge in [-0.3, -0.25) is 10.1 Å². The summed E-state index contributed by atoms with van der Waals surface area (Å²) in [7, 11) is 0. The van der Waals surface area contributed by atoms with Crippen LogP contribution < -0.4 is 5.32 Å². The predicted molar refractivity (Wildman–Crippen MR) is 80.5 cm³/mol. The Morgan fingerprint density at radius 2 is 2.05 bits per heavy atom. The number of hydrogen-bond donors (Lipinski definition) is 2. The number of nitrogens with one attached hydrogen (secondary N) is 2. The van der Waals surface area contributed by atoms with Gasteiger partial charge >= 0.3 is 0 Å². The van der Waals surface area contributed by atoms with Crippen LogP contribution in [-0.2, 0) is 6.54 Å². The Morgan fingerprint density at radius 3 is 2.90 bits per heavy atom. The first-order valence-electron chi connectivity index (χ1n) is 6.86. The molecule has 0 saturated heterocycles. The van der Waals surface area contributed by atoms with Gasteiger partial charge in [0.15, 0.2) is 0 Å². The zero-order valence-electron chi connectivity index (χ0n) is 11.5. The molecule has 3 aromatic rings. The smallest absolute Gasteiger partial charge is 0.0695 e. The molecular formula is C16H18N4. The van der Waals surface area contributed by atoms with E-state index < -0.39 is 0 Å². The summed E-state index contributed by atoms with van der Waals surface area (Å²) in [5, 5.41) is 11.8. The van der Waals surface area contributed by atoms with Crippen LogP contribution >= 0.6 is 0 Å². The summed E-state index contributed by atoms with van der Waals surface area (Å²) in [6.45, 7) is 4.00. The van der Waals surface area contributed by atoms with E-state index in [9.17, 15) is 0 Å². The average Bonchev–Trinajstić information content (AvgIpc) is 2.97. The summed E-state index contributed by atoms with van der Waals surface area (Å²) < 4.78 is 0. The van der Waals surface area contributed by atoms with E-state index in [1.807, 2.05) is 18.6 Å². The molecule has 3 rings (SSSR count). The van der Waals surface area contributed by atoms with Crippen molar-refractivity contribution in [2.24, 2.45) is 0 Å². The van der Waals surface area contributed by atoms with Crippen molar-refractivity contribution in [1.29, 1.82) is 0 Å². The number of para-hydroxylation sites is 1. The fraction of sp³-hybridized carbons (Fsp3) is 0.250. The van der Waals surface area contributed by atoms with E-state index in [1.165, 1.54) is 11.1 Å². The first kappa shape index (κ1) is 12.8. The number of rotatable bonds is 5. The van der Waals surface area contributed by atoms with Crippen molar-refractivity contribution < 1.29 is 0 Å². The maximum atomic E-state index is 4.09. The molecule has 0 saturated carbocycles. The summed E-state index contributed by atoms with van der Waals surface area (Å²) >= 11 is 0. The van der Waals surface area contributed by atoms with Gasteiger partial charge in [0.2, 0.25) is 0 Å². The van der Waals surface area contributed by atoms with Crippen molar-refractivity contribution in [3.05, 3.63) is 60.0 Å². The lowest BCUT2D eigenvalue weighted by atomic mass is 10.0. The van der Waals surface area contributed by atoms with E-state index in [0.717, 1.165) is 24.0 Å². The average molecular weight is 266 g/mol. The van der Waals surface area contributed by atoms with E-state index >= 15 is 0 Å². The zero-order valence-corrected chi connectivity index (χ0v) is 11.5. The van der Waals surface area contributed by atoms with Gasteiger partial charge in [0.25, 0.3) is 0 Å². The molecular weight excluding hydrogens is 248 g/mol. The highest BCUT2D eigenvalue weighted by Gasteiger charge is 2.06. The van der Waals surface area contributed by atoms with E-state index in [1.54, 1.807) is 0 Å². The summed E-state index contributed by atoms with van der Waals surface area (Å²) in [6, 6.07) is 10.4. The predicted octanol–water partition coefficient (Wildman–Crippen LogP) is 2.85. The molecule has 0 unspecified atom stereocenters. The molecule has 1 atom stereocenters. The zero-order chi connectivity index (χ0) is 13.8. The van der Waals surface area contributed by atoms with Crippen LogP contribution in [0.4, 0.5) is 0 Å². The number of nitrogens with zero attached hydrogens (tertiary/aromatic N) is 2. The number of aromatic amines is 1. The largest absolute Gasteiger partial charge is 0.312 e. The Hall–Kier alpha value is -2.20. The van der Waals surface area contributed by atoms with Crippen molar-refractivity contribution in [1.82, 2.24) is 20.5 Å². The number of benzene rings is 1. The molecule has 0 fully saturated rings. The third-order valence-corrected chi connectivity index (χ3v) is 3.60. The van der Waals surface area contributed by atoms with Crippen LogP contribution in [0.3, 0.4) is 0 Å². The molecule has 0 aliphatic carbocycles. The molecule has 20 heavy (non-hydrogen) atoms. The van der Waals surface area contributed by atoms with Gasteiger partial charge in [-0.25, -0.2) is 0 Å². The van der Waals surface area contributed by atoms with E-state index in [4.69, 9.17) is 0 Å². The topological polar surface area (TPSA) is 53.6 Å². The summed E-state index contributed by atoms with van der Waals surface area (Å²) in [4.78, 5) is 4.05. The van der Waals surface area contributed by atoms with Crippen LogP contribution in [0, 0.1) is 0 Å². The van der Waals surface area contributed by atoms with Gasteiger partial charge in [-0.15, -0.1) is 0 Å². The number of pyridine rings is 1. The minimum absolute atomic E-state index is 0.471. The number of hydrogen-bond acceptors (Lipinski definition) is 3. The van der Waals surface area contributed by atoms with Crippen LogP contribution in [0.1, 0.15) is 24.0 Å². The molecule has 2 N–H and O–H groups in total. The van der Waals surface area contributed by atoms with Crippen LogP contribution in [0.5, 0.6) is 0 Å². The summed E-state index contributed by atoms with van der Waals surface area (Å²) in [5.41, 5.74) is 3.69. The molecule has 2 heterocycles. The lowest BCUT2D eigenvalue weighted by Gasteiger charge is -2.13. The van der Waals surface area contributed by atoms with Crippen molar-refractivity contribution in [2.45, 2.75) is 19.4 Å². The van der Waals surface area contributed by atoms with Crippen LogP contribution in [0.25, 0.3) is 10.9 Å². The van der Waals surface area contributed by atoms with Crippen LogP contribution in [-0.4, -0.2) is 21.7 Å². The highest BCUT2D eigenvalue weighted by Crippen LogP contribution is 2.16. The first-order chi connectivity index (χ1) is 9.84. The normalized spacial score (nSPS) is 12.7. The van der Waals surface area contributed by atoms with Crippen molar-refractivity contribution in [3.63, 3.8) is 0 Å². The van der Waals surface area contributed by atoms with Gasteiger partial charge in [-0.2, -0.15) is 5.10 Å². The molecule has 0 amide bonds. The quantitative estimate of drug-likeness (QED) is 0.746. The fourth-order valence-electron chi connectivity index (χ4n) is 2.41. The second-order valence-electron chi connectivity index (χ2n) is 5.06.